The van der Waals surface area contributed by atoms with Crippen molar-refractivity contribution in [3.8, 4) is 5.75 Å². The number of thiophene rings is 1. The fourth-order valence-electron chi connectivity index (χ4n) is 4.25. The lowest BCUT2D eigenvalue weighted by Crippen LogP contribution is -2.49. The maximum atomic E-state index is 13.5. The van der Waals surface area contributed by atoms with Crippen LogP contribution in [-0.2, 0) is 22.4 Å². The Morgan fingerprint density at radius 2 is 1.85 bits per heavy atom. The largest absolute Gasteiger partial charge is 0.491 e. The highest BCUT2D eigenvalue weighted by Crippen LogP contribution is 2.34. The van der Waals surface area contributed by atoms with Gasteiger partial charge in [-0.3, -0.25) is 9.59 Å². The van der Waals surface area contributed by atoms with E-state index >= 15 is 0 Å². The maximum Gasteiger partial charge on any atom is 0.242 e. The number of nitrogens with zero attached hydrogens (tertiary/aromatic N) is 2. The molecular formula is C27H29ClN2O3S. The average Bonchev–Trinajstić information content (AvgIpc) is 3.31. The van der Waals surface area contributed by atoms with Crippen LogP contribution in [0.3, 0.4) is 0 Å². The molecule has 4 rings (SSSR count). The molecular weight excluding hydrogens is 468 g/mol. The van der Waals surface area contributed by atoms with Gasteiger partial charge in [-0.05, 0) is 67.1 Å². The van der Waals surface area contributed by atoms with Crippen LogP contribution in [0.15, 0.2) is 66.0 Å². The van der Waals surface area contributed by atoms with Gasteiger partial charge in [-0.1, -0.05) is 41.9 Å². The third-order valence-corrected chi connectivity index (χ3v) is 7.33. The van der Waals surface area contributed by atoms with Gasteiger partial charge >= 0.3 is 0 Å². The molecule has 0 N–H and O–H groups in total. The summed E-state index contributed by atoms with van der Waals surface area (Å²) in [5, 5.41) is 2.72. The molecule has 0 spiro atoms. The van der Waals surface area contributed by atoms with Gasteiger partial charge in [0, 0.05) is 22.5 Å². The zero-order chi connectivity index (χ0) is 24.1. The highest BCUT2D eigenvalue weighted by molar-refractivity contribution is 7.10. The lowest BCUT2D eigenvalue weighted by atomic mass is 10.00. The van der Waals surface area contributed by atoms with Crippen molar-refractivity contribution in [1.29, 1.82) is 0 Å². The molecule has 1 atom stereocenters. The zero-order valence-corrected chi connectivity index (χ0v) is 21.0. The van der Waals surface area contributed by atoms with Crippen molar-refractivity contribution < 1.29 is 14.3 Å². The normalized spacial score (nSPS) is 15.2. The number of benzene rings is 2. The van der Waals surface area contributed by atoms with Crippen LogP contribution in [0.2, 0.25) is 5.02 Å². The number of halogens is 1. The number of ether oxygens (including phenoxy) is 1. The van der Waals surface area contributed by atoms with E-state index < -0.39 is 0 Å². The maximum absolute atomic E-state index is 13.5. The first-order chi connectivity index (χ1) is 16.4. The van der Waals surface area contributed by atoms with Crippen LogP contribution in [-0.4, -0.2) is 47.4 Å². The van der Waals surface area contributed by atoms with Crippen molar-refractivity contribution in [3.05, 3.63) is 87.1 Å². The van der Waals surface area contributed by atoms with E-state index in [1.54, 1.807) is 28.4 Å². The Morgan fingerprint density at radius 3 is 2.56 bits per heavy atom. The van der Waals surface area contributed by atoms with Crippen molar-refractivity contribution in [2.24, 2.45) is 0 Å². The van der Waals surface area contributed by atoms with Crippen LogP contribution in [0.5, 0.6) is 5.75 Å². The summed E-state index contributed by atoms with van der Waals surface area (Å²) in [5.74, 6) is 0.606. The Balaban J connectivity index is 1.48. The first kappa shape index (κ1) is 24.3. The van der Waals surface area contributed by atoms with Gasteiger partial charge < -0.3 is 14.5 Å². The van der Waals surface area contributed by atoms with E-state index in [2.05, 4.69) is 11.4 Å². The smallest absolute Gasteiger partial charge is 0.242 e. The summed E-state index contributed by atoms with van der Waals surface area (Å²) in [6, 6.07) is 18.7. The van der Waals surface area contributed by atoms with E-state index in [1.165, 1.54) is 4.88 Å². The molecule has 2 aromatic carbocycles. The molecule has 0 radical (unpaired) electrons. The predicted octanol–water partition coefficient (Wildman–Crippen LogP) is 5.39. The summed E-state index contributed by atoms with van der Waals surface area (Å²) in [6.45, 7) is 4.91. The first-order valence-electron chi connectivity index (χ1n) is 11.5. The van der Waals surface area contributed by atoms with Crippen LogP contribution >= 0.6 is 22.9 Å². The van der Waals surface area contributed by atoms with Gasteiger partial charge in [0.05, 0.1) is 12.5 Å². The minimum atomic E-state index is -0.198. The average molecular weight is 497 g/mol. The summed E-state index contributed by atoms with van der Waals surface area (Å²) < 4.78 is 6.06. The lowest BCUT2D eigenvalue weighted by Gasteiger charge is -2.37. The molecule has 0 saturated carbocycles. The van der Waals surface area contributed by atoms with Crippen LogP contribution in [0.25, 0.3) is 0 Å². The van der Waals surface area contributed by atoms with E-state index in [4.69, 9.17) is 16.3 Å². The Kier molecular flexibility index (Phi) is 7.91. The van der Waals surface area contributed by atoms with E-state index in [0.29, 0.717) is 23.9 Å². The molecule has 0 saturated heterocycles. The Labute approximate surface area is 209 Å². The zero-order valence-electron chi connectivity index (χ0n) is 19.4. The van der Waals surface area contributed by atoms with Crippen molar-refractivity contribution in [2.45, 2.75) is 38.8 Å². The van der Waals surface area contributed by atoms with E-state index in [1.807, 2.05) is 61.2 Å². The lowest BCUT2D eigenvalue weighted by molar-refractivity contribution is -0.143. The van der Waals surface area contributed by atoms with Crippen LogP contribution < -0.4 is 4.74 Å². The molecule has 178 valence electrons. The molecule has 3 aromatic rings. The van der Waals surface area contributed by atoms with E-state index in [-0.39, 0.29) is 36.9 Å². The number of carbonyl (C=O) groups is 2. The van der Waals surface area contributed by atoms with Crippen molar-refractivity contribution in [1.82, 2.24) is 9.80 Å². The molecule has 1 aliphatic rings. The molecule has 5 nitrogen and oxygen atoms in total. The summed E-state index contributed by atoms with van der Waals surface area (Å²) in [5.41, 5.74) is 2.08. The van der Waals surface area contributed by atoms with Crippen molar-refractivity contribution >= 4 is 34.8 Å². The first-order valence-corrected chi connectivity index (χ1v) is 12.8. The highest BCUT2D eigenvalue weighted by atomic mass is 35.5. The second-order valence-corrected chi connectivity index (χ2v) is 10.1. The van der Waals surface area contributed by atoms with Crippen LogP contribution in [0, 0.1) is 0 Å². The SMILES string of the molecule is CC(C)N(CC(=O)N1CCc2sccc2[C@@H]1COc1ccc(Cl)cc1)C(=O)Cc1ccccc1. The van der Waals surface area contributed by atoms with Gasteiger partial charge in [0.25, 0.3) is 0 Å². The number of hydrogen-bond acceptors (Lipinski definition) is 4. The molecule has 2 heterocycles. The van der Waals surface area contributed by atoms with Crippen LogP contribution in [0.4, 0.5) is 0 Å². The monoisotopic (exact) mass is 496 g/mol. The van der Waals surface area contributed by atoms with Crippen molar-refractivity contribution in [2.75, 3.05) is 19.7 Å². The number of fused-ring (bicyclic) bond motifs is 1. The van der Waals surface area contributed by atoms with Gasteiger partial charge in [0.2, 0.25) is 11.8 Å². The van der Waals surface area contributed by atoms with Gasteiger partial charge in [-0.15, -0.1) is 11.3 Å². The minimum absolute atomic E-state index is 0.0447. The number of rotatable bonds is 8. The van der Waals surface area contributed by atoms with E-state index in [0.717, 1.165) is 17.5 Å². The molecule has 0 fully saturated rings. The summed E-state index contributed by atoms with van der Waals surface area (Å²) in [4.78, 5) is 31.4. The molecule has 0 unspecified atom stereocenters. The molecule has 1 aromatic heterocycles. The van der Waals surface area contributed by atoms with E-state index in [9.17, 15) is 9.59 Å². The quantitative estimate of drug-likeness (QED) is 0.420. The predicted molar refractivity (Wildman–Crippen MR) is 136 cm³/mol. The van der Waals surface area contributed by atoms with Gasteiger partial charge in [-0.2, -0.15) is 0 Å². The molecule has 7 heteroatoms. The molecule has 1 aliphatic heterocycles. The Bertz CT molecular complexity index is 1110. The third kappa shape index (κ3) is 5.80. The van der Waals surface area contributed by atoms with Gasteiger partial charge in [0.15, 0.2) is 0 Å². The molecule has 34 heavy (non-hydrogen) atoms. The van der Waals surface area contributed by atoms with Gasteiger partial charge in [0.1, 0.15) is 18.9 Å². The summed E-state index contributed by atoms with van der Waals surface area (Å²) >= 11 is 7.70. The molecule has 0 aliphatic carbocycles. The second-order valence-electron chi connectivity index (χ2n) is 8.69. The number of amides is 2. The third-order valence-electron chi connectivity index (χ3n) is 6.08. The fourth-order valence-corrected chi connectivity index (χ4v) is 5.30. The standard InChI is InChI=1S/C27H29ClN2O3S/c1-19(2)30(26(31)16-20-6-4-3-5-7-20)17-27(32)29-14-12-25-23(13-15-34-25)24(29)18-33-22-10-8-21(28)9-11-22/h3-11,13,15,19,24H,12,14,16-18H2,1-2H3/t24-/m0/s1. The molecule has 2 amide bonds. The van der Waals surface area contributed by atoms with Gasteiger partial charge in [-0.25, -0.2) is 0 Å². The Morgan fingerprint density at radius 1 is 1.12 bits per heavy atom. The topological polar surface area (TPSA) is 49.9 Å². The second kappa shape index (κ2) is 11.1. The highest BCUT2D eigenvalue weighted by Gasteiger charge is 2.34. The number of hydrogen-bond donors (Lipinski definition) is 0. The Hall–Kier alpha value is -2.83. The molecule has 0 bridgehead atoms. The van der Waals surface area contributed by atoms with Crippen molar-refractivity contribution in [3.63, 3.8) is 0 Å². The summed E-state index contributed by atoms with van der Waals surface area (Å²) in [6.07, 6.45) is 1.10. The number of carbonyl (C=O) groups excluding carboxylic acids is 2. The minimum Gasteiger partial charge on any atom is -0.491 e. The summed E-state index contributed by atoms with van der Waals surface area (Å²) in [7, 11) is 0. The van der Waals surface area contributed by atoms with Crippen LogP contribution in [0.1, 0.15) is 35.9 Å². The fraction of sp³-hybridized carbons (Fsp3) is 0.333.